The number of fused-ring (bicyclic) bond motifs is 1. The van der Waals surface area contributed by atoms with Crippen LogP contribution >= 0.6 is 0 Å². The van der Waals surface area contributed by atoms with Crippen LogP contribution in [0.4, 0.5) is 5.69 Å². The van der Waals surface area contributed by atoms with E-state index in [1.54, 1.807) is 11.6 Å². The number of nitrogens with one attached hydrogen (secondary N) is 1. The van der Waals surface area contributed by atoms with Crippen LogP contribution in [0.25, 0.3) is 28.3 Å². The molecule has 4 aromatic rings. The molecule has 0 bridgehead atoms. The normalized spacial score (nSPS) is 17.2. The van der Waals surface area contributed by atoms with Gasteiger partial charge < -0.3 is 9.64 Å². The van der Waals surface area contributed by atoms with E-state index < -0.39 is 0 Å². The van der Waals surface area contributed by atoms with Crippen LogP contribution in [0.3, 0.4) is 0 Å². The minimum atomic E-state index is 0.247. The fourth-order valence-corrected chi connectivity index (χ4v) is 5.45. The molecule has 0 unspecified atom stereocenters. The van der Waals surface area contributed by atoms with Crippen LogP contribution in [0.2, 0.25) is 0 Å². The molecule has 188 valence electrons. The zero-order chi connectivity index (χ0) is 24.6. The monoisotopic (exact) mass is 486 g/mol. The topological polar surface area (TPSA) is 87.5 Å². The summed E-state index contributed by atoms with van der Waals surface area (Å²) in [5, 5.41) is 12.3. The molecule has 1 N–H and O–H groups in total. The molecule has 4 aromatic heterocycles. The van der Waals surface area contributed by atoms with Crippen molar-refractivity contribution in [2.24, 2.45) is 5.92 Å². The zero-order valence-electron chi connectivity index (χ0n) is 21.3. The van der Waals surface area contributed by atoms with Crippen LogP contribution in [0.1, 0.15) is 44.6 Å². The second-order valence-corrected chi connectivity index (χ2v) is 10.3. The van der Waals surface area contributed by atoms with E-state index in [2.05, 4.69) is 51.0 Å². The highest BCUT2D eigenvalue weighted by atomic mass is 16.5. The number of rotatable bonds is 7. The molecule has 1 aliphatic carbocycles. The number of piperazine rings is 1. The van der Waals surface area contributed by atoms with Gasteiger partial charge in [-0.05, 0) is 42.9 Å². The molecule has 0 aromatic carbocycles. The van der Waals surface area contributed by atoms with E-state index in [0.29, 0.717) is 11.4 Å². The van der Waals surface area contributed by atoms with Crippen LogP contribution in [0.5, 0.6) is 5.75 Å². The SMILES string of the molecule is COc1cc(-c2[nH]nc(-c3ccc(N4CCN(CC5CCC5)CC4)cn3)c2C(C)C)cn2ncnc12. The van der Waals surface area contributed by atoms with E-state index in [9.17, 15) is 0 Å². The molecule has 5 heterocycles. The van der Waals surface area contributed by atoms with Gasteiger partial charge in [0.1, 0.15) is 12.0 Å². The highest BCUT2D eigenvalue weighted by Gasteiger charge is 2.25. The Morgan fingerprint density at radius 3 is 2.61 bits per heavy atom. The Bertz CT molecular complexity index is 1330. The predicted molar refractivity (Wildman–Crippen MR) is 140 cm³/mol. The minimum absolute atomic E-state index is 0.247. The van der Waals surface area contributed by atoms with E-state index in [0.717, 1.165) is 60.3 Å². The van der Waals surface area contributed by atoms with Crippen molar-refractivity contribution in [3.63, 3.8) is 0 Å². The first-order chi connectivity index (χ1) is 17.6. The van der Waals surface area contributed by atoms with Gasteiger partial charge >= 0.3 is 0 Å². The van der Waals surface area contributed by atoms with E-state index in [1.807, 2.05) is 18.5 Å². The molecule has 6 rings (SSSR count). The first-order valence-electron chi connectivity index (χ1n) is 13.0. The number of methoxy groups -OCH3 is 1. The molecule has 0 spiro atoms. The van der Waals surface area contributed by atoms with Gasteiger partial charge in [0, 0.05) is 50.0 Å². The summed E-state index contributed by atoms with van der Waals surface area (Å²) in [7, 11) is 1.65. The second-order valence-electron chi connectivity index (χ2n) is 10.3. The average Bonchev–Trinajstić information content (AvgIpc) is 3.54. The molecule has 1 saturated heterocycles. The molecule has 2 aliphatic rings. The number of pyridine rings is 2. The van der Waals surface area contributed by atoms with Gasteiger partial charge in [-0.1, -0.05) is 20.3 Å². The van der Waals surface area contributed by atoms with E-state index in [1.165, 1.54) is 37.8 Å². The van der Waals surface area contributed by atoms with Gasteiger partial charge in [0.2, 0.25) is 0 Å². The predicted octanol–water partition coefficient (Wildman–Crippen LogP) is 4.24. The van der Waals surface area contributed by atoms with Crippen molar-refractivity contribution in [1.82, 2.24) is 34.7 Å². The maximum absolute atomic E-state index is 5.57. The first kappa shape index (κ1) is 23.0. The molecule has 2 fully saturated rings. The maximum Gasteiger partial charge on any atom is 0.197 e. The Morgan fingerprint density at radius 1 is 1.11 bits per heavy atom. The molecule has 9 nitrogen and oxygen atoms in total. The second kappa shape index (κ2) is 9.54. The lowest BCUT2D eigenvalue weighted by molar-refractivity contribution is 0.170. The van der Waals surface area contributed by atoms with Gasteiger partial charge in [0.25, 0.3) is 0 Å². The van der Waals surface area contributed by atoms with Crippen LogP contribution < -0.4 is 9.64 Å². The van der Waals surface area contributed by atoms with E-state index >= 15 is 0 Å². The van der Waals surface area contributed by atoms with Gasteiger partial charge in [-0.25, -0.2) is 9.50 Å². The van der Waals surface area contributed by atoms with Crippen LogP contribution in [0, 0.1) is 5.92 Å². The molecule has 36 heavy (non-hydrogen) atoms. The van der Waals surface area contributed by atoms with E-state index in [-0.39, 0.29) is 5.92 Å². The number of hydrogen-bond acceptors (Lipinski definition) is 7. The summed E-state index contributed by atoms with van der Waals surface area (Å²) < 4.78 is 7.30. The summed E-state index contributed by atoms with van der Waals surface area (Å²) >= 11 is 0. The largest absolute Gasteiger partial charge is 0.493 e. The first-order valence-corrected chi connectivity index (χ1v) is 13.0. The Balaban J connectivity index is 1.23. The van der Waals surface area contributed by atoms with Gasteiger partial charge in [0.15, 0.2) is 11.4 Å². The maximum atomic E-state index is 5.57. The molecule has 0 amide bonds. The third kappa shape index (κ3) is 4.21. The van der Waals surface area contributed by atoms with Gasteiger partial charge in [-0.2, -0.15) is 10.2 Å². The molecular formula is C27H34N8O. The fourth-order valence-electron chi connectivity index (χ4n) is 5.45. The Morgan fingerprint density at radius 2 is 1.94 bits per heavy atom. The number of hydrogen-bond donors (Lipinski definition) is 1. The number of ether oxygens (including phenoxy) is 1. The van der Waals surface area contributed by atoms with E-state index in [4.69, 9.17) is 14.8 Å². The third-order valence-corrected chi connectivity index (χ3v) is 7.70. The lowest BCUT2D eigenvalue weighted by Gasteiger charge is -2.39. The van der Waals surface area contributed by atoms with Crippen molar-refractivity contribution in [3.8, 4) is 28.4 Å². The Hall–Kier alpha value is -3.46. The van der Waals surface area contributed by atoms with Crippen molar-refractivity contribution in [1.29, 1.82) is 0 Å². The molecular weight excluding hydrogens is 452 g/mol. The van der Waals surface area contributed by atoms with Crippen molar-refractivity contribution in [2.75, 3.05) is 44.7 Å². The molecule has 0 radical (unpaired) electrons. The summed E-state index contributed by atoms with van der Waals surface area (Å²) in [6.07, 6.45) is 9.74. The molecule has 0 atom stereocenters. The van der Waals surface area contributed by atoms with Crippen LogP contribution in [0.15, 0.2) is 36.9 Å². The minimum Gasteiger partial charge on any atom is -0.493 e. The lowest BCUT2D eigenvalue weighted by atomic mass is 9.85. The van der Waals surface area contributed by atoms with Crippen molar-refractivity contribution >= 4 is 11.3 Å². The number of nitrogens with zero attached hydrogens (tertiary/aromatic N) is 7. The third-order valence-electron chi connectivity index (χ3n) is 7.70. The van der Waals surface area contributed by atoms with Crippen molar-refractivity contribution in [3.05, 3.63) is 42.5 Å². The number of aromatic nitrogens is 6. The van der Waals surface area contributed by atoms with Gasteiger partial charge in [-0.15, -0.1) is 0 Å². The smallest absolute Gasteiger partial charge is 0.197 e. The number of aromatic amines is 1. The van der Waals surface area contributed by atoms with Gasteiger partial charge in [0.05, 0.1) is 30.4 Å². The highest BCUT2D eigenvalue weighted by molar-refractivity contribution is 5.75. The zero-order valence-corrected chi connectivity index (χ0v) is 21.3. The Labute approximate surface area is 211 Å². The summed E-state index contributed by atoms with van der Waals surface area (Å²) in [5.74, 6) is 1.85. The summed E-state index contributed by atoms with van der Waals surface area (Å²) in [5.41, 5.74) is 6.66. The number of anilines is 1. The van der Waals surface area contributed by atoms with Crippen molar-refractivity contribution in [2.45, 2.75) is 39.0 Å². The quantitative estimate of drug-likeness (QED) is 0.418. The standard InChI is InChI=1S/C27H34N8O/c1-18(2)24-25(20-13-23(36-3)27-29-17-30-35(27)16-20)31-32-26(24)22-8-7-21(14-28-22)34-11-9-33(10-12-34)15-19-5-4-6-19/h7-8,13-14,16-19H,4-6,9-12,15H2,1-3H3,(H,31,32). The molecule has 1 aliphatic heterocycles. The number of H-pyrrole nitrogens is 1. The molecule has 9 heteroatoms. The lowest BCUT2D eigenvalue weighted by Crippen LogP contribution is -2.48. The Kier molecular flexibility index (Phi) is 6.08. The van der Waals surface area contributed by atoms with Crippen molar-refractivity contribution < 1.29 is 4.74 Å². The highest BCUT2D eigenvalue weighted by Crippen LogP contribution is 2.37. The summed E-state index contributed by atoms with van der Waals surface area (Å²) in [6, 6.07) is 6.27. The average molecular weight is 487 g/mol. The van der Waals surface area contributed by atoms with Gasteiger partial charge in [-0.3, -0.25) is 15.0 Å². The summed E-state index contributed by atoms with van der Waals surface area (Å²) in [4.78, 5) is 14.2. The fraction of sp³-hybridized carbons (Fsp3) is 0.481. The summed E-state index contributed by atoms with van der Waals surface area (Å²) in [6.45, 7) is 10.0. The van der Waals surface area contributed by atoms with Crippen LogP contribution in [-0.4, -0.2) is 74.5 Å². The molecule has 1 saturated carbocycles. The van der Waals surface area contributed by atoms with Crippen LogP contribution in [-0.2, 0) is 0 Å².